The van der Waals surface area contributed by atoms with Gasteiger partial charge < -0.3 is 9.72 Å². The molecule has 0 aliphatic carbocycles. The highest BCUT2D eigenvalue weighted by atomic mass is 19.1. The van der Waals surface area contributed by atoms with Gasteiger partial charge in [-0.3, -0.25) is 0 Å². The molecule has 1 N–H and O–H groups in total. The van der Waals surface area contributed by atoms with E-state index in [0.29, 0.717) is 17.0 Å². The Labute approximate surface area is 108 Å². The first-order valence-corrected chi connectivity index (χ1v) is 5.79. The molecule has 2 nitrogen and oxygen atoms in total. The van der Waals surface area contributed by atoms with Crippen LogP contribution in [-0.2, 0) is 0 Å². The maximum absolute atomic E-state index is 13.2. The quantitative estimate of drug-likeness (QED) is 0.735. The molecule has 0 amide bonds. The number of benzene rings is 2. The zero-order chi connectivity index (χ0) is 13.4. The average molecular weight is 259 g/mol. The largest absolute Gasteiger partial charge is 0.495 e. The molecule has 1 aromatic heterocycles. The number of hydrogen-bond acceptors (Lipinski definition) is 1. The smallest absolute Gasteiger partial charge is 0.142 e. The van der Waals surface area contributed by atoms with Gasteiger partial charge in [0.2, 0.25) is 0 Å². The van der Waals surface area contributed by atoms with E-state index in [0.717, 1.165) is 17.0 Å². The molecule has 0 bridgehead atoms. The van der Waals surface area contributed by atoms with Crippen LogP contribution in [0.25, 0.3) is 22.2 Å². The number of halogens is 2. The molecule has 0 aliphatic heterocycles. The summed E-state index contributed by atoms with van der Waals surface area (Å²) in [4.78, 5) is 3.13. The summed E-state index contributed by atoms with van der Waals surface area (Å²) < 4.78 is 31.7. The molecule has 0 atom stereocenters. The van der Waals surface area contributed by atoms with Gasteiger partial charge in [0.15, 0.2) is 0 Å². The van der Waals surface area contributed by atoms with Gasteiger partial charge in [-0.1, -0.05) is 12.1 Å². The number of H-pyrrole nitrogens is 1. The fourth-order valence-electron chi connectivity index (χ4n) is 2.16. The number of para-hydroxylation sites is 1. The number of rotatable bonds is 2. The molecule has 0 saturated carbocycles. The van der Waals surface area contributed by atoms with Gasteiger partial charge in [-0.05, 0) is 24.3 Å². The molecule has 2 aromatic carbocycles. The van der Waals surface area contributed by atoms with Gasteiger partial charge in [0, 0.05) is 22.7 Å². The summed E-state index contributed by atoms with van der Waals surface area (Å²) in [6.45, 7) is 0. The van der Waals surface area contributed by atoms with Crippen molar-refractivity contribution in [1.82, 2.24) is 4.98 Å². The predicted octanol–water partition coefficient (Wildman–Crippen LogP) is 4.12. The molecule has 0 aliphatic rings. The van der Waals surface area contributed by atoms with E-state index in [2.05, 4.69) is 4.98 Å². The van der Waals surface area contributed by atoms with Crippen molar-refractivity contribution in [1.29, 1.82) is 0 Å². The van der Waals surface area contributed by atoms with E-state index in [9.17, 15) is 8.78 Å². The summed E-state index contributed by atoms with van der Waals surface area (Å²) in [6.07, 6.45) is 0. The van der Waals surface area contributed by atoms with Gasteiger partial charge >= 0.3 is 0 Å². The van der Waals surface area contributed by atoms with Gasteiger partial charge in [-0.25, -0.2) is 8.78 Å². The first kappa shape index (κ1) is 11.7. The van der Waals surface area contributed by atoms with Crippen LogP contribution in [0.15, 0.2) is 42.5 Å². The Kier molecular flexibility index (Phi) is 2.71. The Morgan fingerprint density at radius 1 is 1.00 bits per heavy atom. The van der Waals surface area contributed by atoms with Crippen molar-refractivity contribution in [3.8, 4) is 17.0 Å². The van der Waals surface area contributed by atoms with Crippen molar-refractivity contribution >= 4 is 10.9 Å². The molecule has 3 rings (SSSR count). The van der Waals surface area contributed by atoms with Gasteiger partial charge in [0.25, 0.3) is 0 Å². The van der Waals surface area contributed by atoms with E-state index >= 15 is 0 Å². The second kappa shape index (κ2) is 4.39. The third-order valence-electron chi connectivity index (χ3n) is 3.01. The summed E-state index contributed by atoms with van der Waals surface area (Å²) in [6, 6.07) is 10.9. The van der Waals surface area contributed by atoms with Crippen molar-refractivity contribution in [3.05, 3.63) is 54.1 Å². The average Bonchev–Trinajstić information content (AvgIpc) is 2.81. The lowest BCUT2D eigenvalue weighted by Gasteiger charge is -2.01. The number of hydrogen-bond donors (Lipinski definition) is 1. The minimum absolute atomic E-state index is 0.468. The summed E-state index contributed by atoms with van der Waals surface area (Å²) >= 11 is 0. The van der Waals surface area contributed by atoms with Crippen molar-refractivity contribution in [3.63, 3.8) is 0 Å². The maximum Gasteiger partial charge on any atom is 0.142 e. The molecular formula is C15H11F2NO. The summed E-state index contributed by atoms with van der Waals surface area (Å²) in [5, 5.41) is 0.930. The van der Waals surface area contributed by atoms with Gasteiger partial charge in [-0.15, -0.1) is 0 Å². The molecule has 0 spiro atoms. The fraction of sp³-hybridized carbons (Fsp3) is 0.0667. The Balaban J connectivity index is 2.20. The monoisotopic (exact) mass is 259 g/mol. The normalized spacial score (nSPS) is 10.9. The Morgan fingerprint density at radius 2 is 1.74 bits per heavy atom. The summed E-state index contributed by atoms with van der Waals surface area (Å²) in [7, 11) is 1.58. The molecule has 0 saturated heterocycles. The zero-order valence-corrected chi connectivity index (χ0v) is 10.2. The maximum atomic E-state index is 13.2. The highest BCUT2D eigenvalue weighted by Crippen LogP contribution is 2.30. The molecule has 4 heteroatoms. The SMILES string of the molecule is COc1cccc2cc(-c3cc(F)cc(F)c3)[nH]c12. The lowest BCUT2D eigenvalue weighted by Crippen LogP contribution is -1.85. The summed E-state index contributed by atoms with van der Waals surface area (Å²) in [5.41, 5.74) is 1.93. The van der Waals surface area contributed by atoms with Crippen molar-refractivity contribution in [2.45, 2.75) is 0 Å². The summed E-state index contributed by atoms with van der Waals surface area (Å²) in [5.74, 6) is -0.498. The molecule has 1 heterocycles. The second-order valence-corrected chi connectivity index (χ2v) is 4.27. The number of aromatic nitrogens is 1. The van der Waals surface area contributed by atoms with E-state index in [1.165, 1.54) is 12.1 Å². The van der Waals surface area contributed by atoms with Crippen LogP contribution in [0.1, 0.15) is 0 Å². The third kappa shape index (κ3) is 2.05. The minimum atomic E-state index is -0.597. The predicted molar refractivity (Wildman–Crippen MR) is 70.2 cm³/mol. The van der Waals surface area contributed by atoms with Crippen LogP contribution < -0.4 is 4.74 Å². The number of aromatic amines is 1. The van der Waals surface area contributed by atoms with E-state index in [1.807, 2.05) is 24.3 Å². The molecule has 0 radical (unpaired) electrons. The second-order valence-electron chi connectivity index (χ2n) is 4.27. The molecule has 3 aromatic rings. The highest BCUT2D eigenvalue weighted by molar-refractivity contribution is 5.90. The molecule has 96 valence electrons. The number of nitrogens with one attached hydrogen (secondary N) is 1. The third-order valence-corrected chi connectivity index (χ3v) is 3.01. The Morgan fingerprint density at radius 3 is 2.42 bits per heavy atom. The van der Waals surface area contributed by atoms with Crippen molar-refractivity contribution in [2.24, 2.45) is 0 Å². The lowest BCUT2D eigenvalue weighted by molar-refractivity contribution is 0.419. The van der Waals surface area contributed by atoms with Crippen LogP contribution in [0.4, 0.5) is 8.78 Å². The van der Waals surface area contributed by atoms with Crippen LogP contribution in [0.3, 0.4) is 0 Å². The fourth-order valence-corrected chi connectivity index (χ4v) is 2.16. The lowest BCUT2D eigenvalue weighted by atomic mass is 10.1. The minimum Gasteiger partial charge on any atom is -0.495 e. The first-order valence-electron chi connectivity index (χ1n) is 5.79. The van der Waals surface area contributed by atoms with E-state index in [-0.39, 0.29) is 0 Å². The van der Waals surface area contributed by atoms with E-state index in [4.69, 9.17) is 4.74 Å². The van der Waals surface area contributed by atoms with Crippen LogP contribution >= 0.6 is 0 Å². The van der Waals surface area contributed by atoms with E-state index in [1.54, 1.807) is 7.11 Å². The topological polar surface area (TPSA) is 25.0 Å². The molecular weight excluding hydrogens is 248 g/mol. The van der Waals surface area contributed by atoms with Crippen LogP contribution in [0, 0.1) is 11.6 Å². The van der Waals surface area contributed by atoms with Crippen LogP contribution in [0.2, 0.25) is 0 Å². The highest BCUT2D eigenvalue weighted by Gasteiger charge is 2.09. The van der Waals surface area contributed by atoms with Gasteiger partial charge in [-0.2, -0.15) is 0 Å². The zero-order valence-electron chi connectivity index (χ0n) is 10.2. The Bertz CT molecular complexity index is 729. The van der Waals surface area contributed by atoms with E-state index < -0.39 is 11.6 Å². The van der Waals surface area contributed by atoms with Gasteiger partial charge in [0.1, 0.15) is 17.4 Å². The number of fused-ring (bicyclic) bond motifs is 1. The first-order chi connectivity index (χ1) is 9.17. The molecule has 19 heavy (non-hydrogen) atoms. The van der Waals surface area contributed by atoms with Crippen molar-refractivity contribution < 1.29 is 13.5 Å². The number of methoxy groups -OCH3 is 1. The van der Waals surface area contributed by atoms with Gasteiger partial charge in [0.05, 0.1) is 12.6 Å². The molecule has 0 fully saturated rings. The van der Waals surface area contributed by atoms with Crippen LogP contribution in [0.5, 0.6) is 5.75 Å². The van der Waals surface area contributed by atoms with Crippen molar-refractivity contribution in [2.75, 3.05) is 7.11 Å². The molecule has 0 unspecified atom stereocenters. The van der Waals surface area contributed by atoms with Crippen LogP contribution in [-0.4, -0.2) is 12.1 Å². The Hall–Kier alpha value is -2.36. The number of ether oxygens (including phenoxy) is 1. The standard InChI is InChI=1S/C15H11F2NO/c1-19-14-4-2-3-9-7-13(18-15(9)14)10-5-11(16)8-12(17)6-10/h2-8,18H,1H3.